The molecule has 0 unspecified atom stereocenters. The second kappa shape index (κ2) is 5.31. The standard InChI is InChI=1S/C11H16ClNO3S/c1-5-16-10(15)9-6(2)7(3)17-11(9,12)13-8(4)14/h9H,5H2,1-4H3,(H,13,14)/t9-,11+/m1/s1. The fourth-order valence-electron chi connectivity index (χ4n) is 1.74. The maximum Gasteiger partial charge on any atom is 0.317 e. The molecule has 0 aromatic rings. The summed E-state index contributed by atoms with van der Waals surface area (Å²) < 4.78 is 3.84. The molecule has 0 spiro atoms. The number of carbonyl (C=O) groups is 2. The predicted octanol–water partition coefficient (Wildman–Crippen LogP) is 2.24. The van der Waals surface area contributed by atoms with Gasteiger partial charge in [-0.1, -0.05) is 23.4 Å². The first-order valence-electron chi connectivity index (χ1n) is 5.32. The third kappa shape index (κ3) is 2.96. The van der Waals surface area contributed by atoms with Crippen LogP contribution in [0.2, 0.25) is 0 Å². The molecule has 0 saturated carbocycles. The van der Waals surface area contributed by atoms with E-state index >= 15 is 0 Å². The lowest BCUT2D eigenvalue weighted by Gasteiger charge is -2.28. The van der Waals surface area contributed by atoms with E-state index in [0.717, 1.165) is 10.5 Å². The van der Waals surface area contributed by atoms with E-state index < -0.39 is 16.2 Å². The normalized spacial score (nSPS) is 28.2. The Kier molecular flexibility index (Phi) is 4.49. The van der Waals surface area contributed by atoms with Crippen LogP contribution in [-0.4, -0.2) is 22.8 Å². The molecule has 0 aliphatic carbocycles. The van der Waals surface area contributed by atoms with Gasteiger partial charge in [0.05, 0.1) is 6.61 Å². The molecule has 1 aliphatic rings. The number of ether oxygens (including phenoxy) is 1. The Morgan fingerprint density at radius 1 is 1.53 bits per heavy atom. The molecule has 0 aromatic carbocycles. The van der Waals surface area contributed by atoms with E-state index in [2.05, 4.69) is 5.32 Å². The van der Waals surface area contributed by atoms with Crippen LogP contribution in [0, 0.1) is 5.92 Å². The molecule has 0 fully saturated rings. The summed E-state index contributed by atoms with van der Waals surface area (Å²) in [6, 6.07) is 0. The second-order valence-corrected chi connectivity index (χ2v) is 6.13. The summed E-state index contributed by atoms with van der Waals surface area (Å²) in [6.07, 6.45) is 0. The van der Waals surface area contributed by atoms with Crippen molar-refractivity contribution in [2.75, 3.05) is 6.61 Å². The van der Waals surface area contributed by atoms with E-state index in [-0.39, 0.29) is 5.91 Å². The van der Waals surface area contributed by atoms with E-state index in [1.807, 2.05) is 13.8 Å². The summed E-state index contributed by atoms with van der Waals surface area (Å²) in [6.45, 7) is 7.10. The molecule has 1 aliphatic heterocycles. The molecular weight excluding hydrogens is 262 g/mol. The molecule has 4 nitrogen and oxygen atoms in total. The number of rotatable bonds is 3. The van der Waals surface area contributed by atoms with Crippen molar-refractivity contribution in [2.45, 2.75) is 32.0 Å². The summed E-state index contributed by atoms with van der Waals surface area (Å²) >= 11 is 7.62. The monoisotopic (exact) mass is 277 g/mol. The van der Waals surface area contributed by atoms with Gasteiger partial charge in [-0.3, -0.25) is 9.59 Å². The Morgan fingerprint density at radius 2 is 2.12 bits per heavy atom. The average molecular weight is 278 g/mol. The highest BCUT2D eigenvalue weighted by Crippen LogP contribution is 2.51. The predicted molar refractivity (Wildman–Crippen MR) is 68.5 cm³/mol. The zero-order valence-electron chi connectivity index (χ0n) is 10.3. The third-order valence-corrected chi connectivity index (χ3v) is 4.34. The maximum atomic E-state index is 11.9. The van der Waals surface area contributed by atoms with Crippen molar-refractivity contribution in [3.05, 3.63) is 10.5 Å². The van der Waals surface area contributed by atoms with E-state index in [4.69, 9.17) is 16.3 Å². The Morgan fingerprint density at radius 3 is 2.59 bits per heavy atom. The smallest absolute Gasteiger partial charge is 0.317 e. The zero-order chi connectivity index (χ0) is 13.2. The molecule has 17 heavy (non-hydrogen) atoms. The molecule has 0 radical (unpaired) electrons. The topological polar surface area (TPSA) is 55.4 Å². The number of esters is 1. The van der Waals surface area contributed by atoms with Gasteiger partial charge in [-0.15, -0.1) is 0 Å². The molecule has 1 heterocycles. The number of hydrogen-bond acceptors (Lipinski definition) is 4. The number of nitrogens with one attached hydrogen (secondary N) is 1. The van der Waals surface area contributed by atoms with Crippen molar-refractivity contribution in [1.82, 2.24) is 5.32 Å². The van der Waals surface area contributed by atoms with Crippen LogP contribution in [0.5, 0.6) is 0 Å². The highest BCUT2D eigenvalue weighted by molar-refractivity contribution is 8.05. The van der Waals surface area contributed by atoms with Gasteiger partial charge in [-0.05, 0) is 31.2 Å². The minimum atomic E-state index is -1.16. The molecule has 0 aromatic heterocycles. The number of carbonyl (C=O) groups excluding carboxylic acids is 2. The number of amides is 1. The lowest BCUT2D eigenvalue weighted by Crippen LogP contribution is -2.47. The van der Waals surface area contributed by atoms with Gasteiger partial charge in [-0.25, -0.2) is 0 Å². The van der Waals surface area contributed by atoms with Gasteiger partial charge >= 0.3 is 5.97 Å². The molecule has 1 rings (SSSR count). The molecule has 96 valence electrons. The van der Waals surface area contributed by atoms with Crippen molar-refractivity contribution in [3.63, 3.8) is 0 Å². The van der Waals surface area contributed by atoms with Crippen LogP contribution in [-0.2, 0) is 14.3 Å². The van der Waals surface area contributed by atoms with Crippen LogP contribution in [0.3, 0.4) is 0 Å². The molecule has 2 atom stereocenters. The number of hydrogen-bond donors (Lipinski definition) is 1. The number of alkyl halides is 1. The highest BCUT2D eigenvalue weighted by atomic mass is 35.5. The number of halogens is 1. The van der Waals surface area contributed by atoms with E-state index in [0.29, 0.717) is 6.61 Å². The van der Waals surface area contributed by atoms with Crippen LogP contribution >= 0.6 is 23.4 Å². The van der Waals surface area contributed by atoms with Crippen molar-refractivity contribution < 1.29 is 14.3 Å². The number of allylic oxidation sites excluding steroid dienone is 1. The van der Waals surface area contributed by atoms with Crippen molar-refractivity contribution in [3.8, 4) is 0 Å². The fourth-order valence-corrected chi connectivity index (χ4v) is 3.78. The summed E-state index contributed by atoms with van der Waals surface area (Å²) in [5.41, 5.74) is 0.845. The van der Waals surface area contributed by atoms with Crippen LogP contribution in [0.25, 0.3) is 0 Å². The third-order valence-electron chi connectivity index (χ3n) is 2.53. The lowest BCUT2D eigenvalue weighted by atomic mass is 10.00. The van der Waals surface area contributed by atoms with Crippen LogP contribution < -0.4 is 5.32 Å². The largest absolute Gasteiger partial charge is 0.465 e. The summed E-state index contributed by atoms with van der Waals surface area (Å²) in [7, 11) is 0. The van der Waals surface area contributed by atoms with Crippen molar-refractivity contribution >= 4 is 35.2 Å². The molecule has 1 amide bonds. The van der Waals surface area contributed by atoms with E-state index in [1.54, 1.807) is 6.92 Å². The van der Waals surface area contributed by atoms with Crippen LogP contribution in [0.15, 0.2) is 10.5 Å². The Bertz CT molecular complexity index is 383. The summed E-state index contributed by atoms with van der Waals surface area (Å²) in [4.78, 5) is 24.0. The Hall–Kier alpha value is -0.680. The quantitative estimate of drug-likeness (QED) is 0.488. The second-order valence-electron chi connectivity index (χ2n) is 3.85. The van der Waals surface area contributed by atoms with Crippen LogP contribution in [0.1, 0.15) is 27.7 Å². The molecular formula is C11H16ClNO3S. The van der Waals surface area contributed by atoms with Gasteiger partial charge in [-0.2, -0.15) is 0 Å². The first-order valence-corrected chi connectivity index (χ1v) is 6.52. The van der Waals surface area contributed by atoms with E-state index in [9.17, 15) is 9.59 Å². The van der Waals surface area contributed by atoms with Gasteiger partial charge < -0.3 is 10.1 Å². The zero-order valence-corrected chi connectivity index (χ0v) is 11.9. The summed E-state index contributed by atoms with van der Waals surface area (Å²) in [5.74, 6) is -1.32. The Labute approximate surface area is 110 Å². The molecule has 1 N–H and O–H groups in total. The highest BCUT2D eigenvalue weighted by Gasteiger charge is 2.50. The average Bonchev–Trinajstić information content (AvgIpc) is 2.36. The number of thioether (sulfide) groups is 1. The van der Waals surface area contributed by atoms with Gasteiger partial charge in [0.15, 0.2) is 4.33 Å². The molecule has 0 saturated heterocycles. The first-order chi connectivity index (χ1) is 7.81. The molecule has 0 bridgehead atoms. The van der Waals surface area contributed by atoms with E-state index in [1.165, 1.54) is 18.7 Å². The Balaban J connectivity index is 3.00. The van der Waals surface area contributed by atoms with Gasteiger partial charge in [0.25, 0.3) is 0 Å². The summed E-state index contributed by atoms with van der Waals surface area (Å²) in [5, 5.41) is 2.62. The maximum absolute atomic E-state index is 11.9. The van der Waals surface area contributed by atoms with Crippen LogP contribution in [0.4, 0.5) is 0 Å². The van der Waals surface area contributed by atoms with Crippen molar-refractivity contribution in [1.29, 1.82) is 0 Å². The minimum absolute atomic E-state index is 0.274. The van der Waals surface area contributed by atoms with Crippen molar-refractivity contribution in [2.24, 2.45) is 5.92 Å². The van der Waals surface area contributed by atoms with Gasteiger partial charge in [0, 0.05) is 6.92 Å². The van der Waals surface area contributed by atoms with Gasteiger partial charge in [0.2, 0.25) is 5.91 Å². The SMILES string of the molecule is CCOC(=O)[C@H]1C(C)=C(C)S[C@@]1(Cl)NC(C)=O. The lowest BCUT2D eigenvalue weighted by molar-refractivity contribution is -0.147. The van der Waals surface area contributed by atoms with Gasteiger partial charge in [0.1, 0.15) is 5.92 Å². The minimum Gasteiger partial charge on any atom is -0.465 e. The first kappa shape index (κ1) is 14.4. The molecule has 6 heteroatoms. The fraction of sp³-hybridized carbons (Fsp3) is 0.636.